The lowest BCUT2D eigenvalue weighted by Gasteiger charge is -2.21. The van der Waals surface area contributed by atoms with Gasteiger partial charge in [0, 0.05) is 24.6 Å². The Kier molecular flexibility index (Phi) is 5.36. The van der Waals surface area contributed by atoms with Gasteiger partial charge < -0.3 is 19.5 Å². The third kappa shape index (κ3) is 3.76. The number of methoxy groups -OCH3 is 1. The summed E-state index contributed by atoms with van der Waals surface area (Å²) in [5, 5.41) is 3.04. The number of hydrogen-bond donors (Lipinski definition) is 3. The van der Waals surface area contributed by atoms with Gasteiger partial charge in [0.2, 0.25) is 0 Å². The van der Waals surface area contributed by atoms with Crippen LogP contribution in [-0.4, -0.2) is 39.3 Å². The molecule has 0 spiro atoms. The second kappa shape index (κ2) is 8.08. The predicted molar refractivity (Wildman–Crippen MR) is 105 cm³/mol. The van der Waals surface area contributed by atoms with Crippen LogP contribution in [0.15, 0.2) is 36.4 Å². The minimum absolute atomic E-state index is 0.144. The van der Waals surface area contributed by atoms with Crippen LogP contribution in [0.3, 0.4) is 0 Å². The van der Waals surface area contributed by atoms with Crippen molar-refractivity contribution in [2.45, 2.75) is 18.9 Å². The molecule has 2 aromatic carbocycles. The van der Waals surface area contributed by atoms with Crippen LogP contribution in [0, 0.1) is 0 Å². The first-order valence-electron chi connectivity index (χ1n) is 9.50. The zero-order valence-corrected chi connectivity index (χ0v) is 16.1. The van der Waals surface area contributed by atoms with Gasteiger partial charge in [-0.15, -0.1) is 0 Å². The van der Waals surface area contributed by atoms with Crippen LogP contribution < -0.4 is 30.4 Å². The van der Waals surface area contributed by atoms with Crippen molar-refractivity contribution < 1.29 is 19.0 Å². The van der Waals surface area contributed by atoms with E-state index in [1.807, 2.05) is 37.3 Å². The molecule has 1 saturated heterocycles. The number of hydrogen-bond acceptors (Lipinski definition) is 6. The summed E-state index contributed by atoms with van der Waals surface area (Å²) in [6.45, 7) is 4.72. The molecule has 0 bridgehead atoms. The first-order valence-corrected chi connectivity index (χ1v) is 9.50. The van der Waals surface area contributed by atoms with Gasteiger partial charge in [-0.1, -0.05) is 12.1 Å². The Morgan fingerprint density at radius 1 is 1.11 bits per heavy atom. The molecule has 7 heteroatoms. The van der Waals surface area contributed by atoms with Crippen LogP contribution in [-0.2, 0) is 0 Å². The topological polar surface area (TPSA) is 80.9 Å². The molecular formula is C21H25N3O4. The van der Waals surface area contributed by atoms with Crippen molar-refractivity contribution in [2.75, 3.05) is 33.4 Å². The zero-order chi connectivity index (χ0) is 19.5. The molecule has 3 N–H and O–H groups in total. The number of carbonyl (C=O) groups excluding carboxylic acids is 1. The molecule has 1 fully saturated rings. The summed E-state index contributed by atoms with van der Waals surface area (Å²) in [5.74, 6) is 2.37. The molecule has 7 nitrogen and oxygen atoms in total. The number of ether oxygens (including phenoxy) is 3. The smallest absolute Gasteiger partial charge is 0.251 e. The summed E-state index contributed by atoms with van der Waals surface area (Å²) >= 11 is 0. The van der Waals surface area contributed by atoms with Crippen molar-refractivity contribution in [2.24, 2.45) is 0 Å². The van der Waals surface area contributed by atoms with Gasteiger partial charge in [-0.3, -0.25) is 15.6 Å². The van der Waals surface area contributed by atoms with E-state index in [0.29, 0.717) is 24.7 Å². The second-order valence-electron chi connectivity index (χ2n) is 7.01. The van der Waals surface area contributed by atoms with Crippen molar-refractivity contribution in [3.05, 3.63) is 53.1 Å². The number of rotatable bonds is 5. The number of fused-ring (bicyclic) bond motifs is 1. The highest BCUT2D eigenvalue weighted by Crippen LogP contribution is 2.33. The summed E-state index contributed by atoms with van der Waals surface area (Å²) in [6, 6.07) is 11.2. The Bertz CT molecular complexity index is 865. The molecule has 28 heavy (non-hydrogen) atoms. The van der Waals surface area contributed by atoms with Gasteiger partial charge in [0.25, 0.3) is 5.91 Å². The third-order valence-electron chi connectivity index (χ3n) is 5.17. The maximum Gasteiger partial charge on any atom is 0.251 e. The van der Waals surface area contributed by atoms with Gasteiger partial charge in [0.1, 0.15) is 19.0 Å². The summed E-state index contributed by atoms with van der Waals surface area (Å²) < 4.78 is 16.7. The molecule has 1 unspecified atom stereocenters. The van der Waals surface area contributed by atoms with E-state index in [9.17, 15) is 4.79 Å². The summed E-state index contributed by atoms with van der Waals surface area (Å²) in [4.78, 5) is 12.8. The minimum atomic E-state index is -0.169. The molecule has 0 aromatic heterocycles. The quantitative estimate of drug-likeness (QED) is 0.734. The lowest BCUT2D eigenvalue weighted by molar-refractivity contribution is 0.0939. The number of carbonyl (C=O) groups is 1. The molecule has 1 atom stereocenters. The van der Waals surface area contributed by atoms with Crippen LogP contribution in [0.2, 0.25) is 0 Å². The van der Waals surface area contributed by atoms with E-state index in [4.69, 9.17) is 14.2 Å². The predicted octanol–water partition coefficient (Wildman–Crippen LogP) is 2.15. The molecular weight excluding hydrogens is 358 g/mol. The maximum absolute atomic E-state index is 12.8. The fraction of sp³-hybridized carbons (Fsp3) is 0.381. The molecule has 1 amide bonds. The molecule has 0 aliphatic carbocycles. The Labute approximate surface area is 164 Å². The van der Waals surface area contributed by atoms with Gasteiger partial charge in [0.15, 0.2) is 11.5 Å². The highest BCUT2D eigenvalue weighted by atomic mass is 16.6. The normalized spacial score (nSPS) is 17.2. The fourth-order valence-electron chi connectivity index (χ4n) is 3.57. The Balaban J connectivity index is 1.48. The molecule has 0 radical (unpaired) electrons. The molecule has 2 aliphatic rings. The van der Waals surface area contributed by atoms with E-state index >= 15 is 0 Å². The molecule has 2 aliphatic heterocycles. The Morgan fingerprint density at radius 3 is 2.61 bits per heavy atom. The number of amides is 1. The number of benzene rings is 2. The van der Waals surface area contributed by atoms with Gasteiger partial charge in [-0.2, -0.15) is 0 Å². The first-order chi connectivity index (χ1) is 13.7. The molecule has 0 saturated carbocycles. The van der Waals surface area contributed by atoms with E-state index in [1.165, 1.54) is 0 Å². The van der Waals surface area contributed by atoms with Gasteiger partial charge in [-0.05, 0) is 42.3 Å². The lowest BCUT2D eigenvalue weighted by Crippen LogP contribution is -2.27. The number of nitrogens with one attached hydrogen (secondary N) is 3. The average molecular weight is 383 g/mol. The summed E-state index contributed by atoms with van der Waals surface area (Å²) in [7, 11) is 1.63. The third-order valence-corrected chi connectivity index (χ3v) is 5.17. The molecule has 2 aromatic rings. The van der Waals surface area contributed by atoms with E-state index in [2.05, 4.69) is 16.2 Å². The van der Waals surface area contributed by atoms with Crippen molar-refractivity contribution in [3.63, 3.8) is 0 Å². The van der Waals surface area contributed by atoms with Crippen LogP contribution >= 0.6 is 0 Å². The van der Waals surface area contributed by atoms with Crippen molar-refractivity contribution in [3.8, 4) is 17.2 Å². The van der Waals surface area contributed by atoms with Gasteiger partial charge in [-0.25, -0.2) is 0 Å². The van der Waals surface area contributed by atoms with Crippen LogP contribution in [0.1, 0.15) is 40.4 Å². The van der Waals surface area contributed by atoms with Gasteiger partial charge >= 0.3 is 0 Å². The van der Waals surface area contributed by atoms with E-state index in [-0.39, 0.29) is 11.9 Å². The van der Waals surface area contributed by atoms with Crippen LogP contribution in [0.4, 0.5) is 0 Å². The highest BCUT2D eigenvalue weighted by molar-refractivity contribution is 5.95. The molecule has 2 heterocycles. The van der Waals surface area contributed by atoms with Crippen LogP contribution in [0.25, 0.3) is 0 Å². The van der Waals surface area contributed by atoms with E-state index in [1.54, 1.807) is 13.2 Å². The van der Waals surface area contributed by atoms with Crippen molar-refractivity contribution in [1.29, 1.82) is 0 Å². The van der Waals surface area contributed by atoms with Crippen LogP contribution in [0.5, 0.6) is 17.2 Å². The zero-order valence-electron chi connectivity index (χ0n) is 16.1. The SMILES string of the molecule is COc1cc(C(=O)NC(C)c2ccc3c(c2)OCCO3)ccc1C1CNNC1. The fourth-order valence-corrected chi connectivity index (χ4v) is 3.57. The lowest BCUT2D eigenvalue weighted by atomic mass is 9.97. The summed E-state index contributed by atoms with van der Waals surface area (Å²) in [5.41, 5.74) is 8.87. The standard InChI is InChI=1S/C21H25N3O4/c1-13(14-4-6-18-20(9-14)28-8-7-27-18)24-21(25)15-3-5-17(19(10-15)26-2)16-11-22-23-12-16/h3-6,9-10,13,16,22-23H,7-8,11-12H2,1-2H3,(H,24,25). The Morgan fingerprint density at radius 2 is 1.86 bits per heavy atom. The monoisotopic (exact) mass is 383 g/mol. The number of hydrazine groups is 1. The highest BCUT2D eigenvalue weighted by Gasteiger charge is 2.22. The minimum Gasteiger partial charge on any atom is -0.496 e. The Hall–Kier alpha value is -2.77. The average Bonchev–Trinajstić information content (AvgIpc) is 3.27. The second-order valence-corrected chi connectivity index (χ2v) is 7.01. The van der Waals surface area contributed by atoms with E-state index in [0.717, 1.165) is 41.5 Å². The molecule has 148 valence electrons. The molecule has 4 rings (SSSR count). The first kappa shape index (κ1) is 18.6. The van der Waals surface area contributed by atoms with Gasteiger partial charge in [0.05, 0.1) is 13.2 Å². The van der Waals surface area contributed by atoms with Crippen molar-refractivity contribution >= 4 is 5.91 Å². The van der Waals surface area contributed by atoms with Crippen molar-refractivity contribution in [1.82, 2.24) is 16.2 Å². The summed E-state index contributed by atoms with van der Waals surface area (Å²) in [6.07, 6.45) is 0. The van der Waals surface area contributed by atoms with E-state index < -0.39 is 0 Å². The maximum atomic E-state index is 12.8. The largest absolute Gasteiger partial charge is 0.496 e.